The molecule has 0 bridgehead atoms. The molecule has 0 amide bonds. The minimum atomic E-state index is -0.447. The van der Waals surface area contributed by atoms with Gasteiger partial charge in [-0.2, -0.15) is 5.26 Å². The first kappa shape index (κ1) is 18.3. The van der Waals surface area contributed by atoms with Crippen molar-refractivity contribution in [2.45, 2.75) is 0 Å². The topological polar surface area (TPSA) is 93.0 Å². The lowest BCUT2D eigenvalue weighted by molar-refractivity contribution is -0.384. The van der Waals surface area contributed by atoms with Crippen LogP contribution in [0.3, 0.4) is 0 Å². The van der Waals surface area contributed by atoms with E-state index in [1.54, 1.807) is 30.3 Å². The Morgan fingerprint density at radius 2 is 1.83 bits per heavy atom. The van der Waals surface area contributed by atoms with Crippen molar-refractivity contribution >= 4 is 28.7 Å². The summed E-state index contributed by atoms with van der Waals surface area (Å²) in [4.78, 5) is 14.9. The molecule has 2 aromatic carbocycles. The summed E-state index contributed by atoms with van der Waals surface area (Å²) in [7, 11) is 0. The lowest BCUT2D eigenvalue weighted by Crippen LogP contribution is -1.86. The van der Waals surface area contributed by atoms with Crippen molar-refractivity contribution in [3.63, 3.8) is 0 Å². The van der Waals surface area contributed by atoms with Gasteiger partial charge >= 0.3 is 0 Å². The second kappa shape index (κ2) is 7.92. The summed E-state index contributed by atoms with van der Waals surface area (Å²) in [5, 5.41) is 22.9. The predicted octanol–water partition coefficient (Wildman–Crippen LogP) is 6.04. The van der Waals surface area contributed by atoms with Crippen LogP contribution in [0.4, 0.5) is 5.69 Å². The third-order valence-corrected chi connectivity index (χ3v) is 5.08. The molecule has 4 aromatic rings. The van der Waals surface area contributed by atoms with Crippen molar-refractivity contribution in [2.24, 2.45) is 0 Å². The highest BCUT2D eigenvalue weighted by atomic mass is 32.1. The molecule has 0 unspecified atom stereocenters. The van der Waals surface area contributed by atoms with Gasteiger partial charge in [0.05, 0.1) is 16.2 Å². The average molecular weight is 399 g/mol. The molecule has 0 aliphatic rings. The summed E-state index contributed by atoms with van der Waals surface area (Å²) >= 11 is 1.40. The summed E-state index contributed by atoms with van der Waals surface area (Å²) in [6, 6.07) is 21.6. The Morgan fingerprint density at radius 3 is 2.52 bits per heavy atom. The maximum absolute atomic E-state index is 10.8. The number of allylic oxidation sites excluding steroid dienone is 1. The first-order valence-corrected chi connectivity index (χ1v) is 9.50. The van der Waals surface area contributed by atoms with E-state index >= 15 is 0 Å². The number of furan rings is 1. The van der Waals surface area contributed by atoms with Crippen LogP contribution in [-0.4, -0.2) is 9.91 Å². The Morgan fingerprint density at radius 1 is 1.07 bits per heavy atom. The molecule has 0 spiro atoms. The number of aromatic nitrogens is 1. The normalized spacial score (nSPS) is 11.2. The van der Waals surface area contributed by atoms with Crippen molar-refractivity contribution in [3.8, 4) is 28.7 Å². The molecule has 0 saturated heterocycles. The summed E-state index contributed by atoms with van der Waals surface area (Å²) in [5.74, 6) is 1.07. The van der Waals surface area contributed by atoms with Gasteiger partial charge in [0.15, 0.2) is 0 Å². The van der Waals surface area contributed by atoms with Crippen LogP contribution in [0.1, 0.15) is 10.8 Å². The Hall–Kier alpha value is -4.02. The predicted molar refractivity (Wildman–Crippen MR) is 112 cm³/mol. The second-order valence-electron chi connectivity index (χ2n) is 6.08. The fraction of sp³-hybridized carbons (Fsp3) is 0. The van der Waals surface area contributed by atoms with E-state index in [1.165, 1.54) is 23.5 Å². The molecule has 0 atom stereocenters. The highest BCUT2D eigenvalue weighted by Gasteiger charge is 2.11. The van der Waals surface area contributed by atoms with E-state index < -0.39 is 4.92 Å². The molecule has 29 heavy (non-hydrogen) atoms. The van der Waals surface area contributed by atoms with Crippen LogP contribution in [0.25, 0.3) is 34.2 Å². The fourth-order valence-electron chi connectivity index (χ4n) is 2.76. The molecule has 0 fully saturated rings. The quantitative estimate of drug-likeness (QED) is 0.232. The van der Waals surface area contributed by atoms with E-state index in [9.17, 15) is 15.4 Å². The highest BCUT2D eigenvalue weighted by Crippen LogP contribution is 2.29. The monoisotopic (exact) mass is 399 g/mol. The van der Waals surface area contributed by atoms with E-state index in [0.717, 1.165) is 16.8 Å². The van der Waals surface area contributed by atoms with Crippen LogP contribution in [0.2, 0.25) is 0 Å². The van der Waals surface area contributed by atoms with Crippen LogP contribution >= 0.6 is 11.3 Å². The summed E-state index contributed by atoms with van der Waals surface area (Å²) in [6.45, 7) is 0. The molecule has 6 nitrogen and oxygen atoms in total. The Kier molecular flexibility index (Phi) is 5.01. The molecule has 2 aromatic heterocycles. The Bertz CT molecular complexity index is 1230. The van der Waals surface area contributed by atoms with E-state index in [-0.39, 0.29) is 5.69 Å². The molecule has 2 heterocycles. The average Bonchev–Trinajstić information content (AvgIpc) is 3.43. The number of nitriles is 1. The van der Waals surface area contributed by atoms with Gasteiger partial charge in [0.25, 0.3) is 5.69 Å². The van der Waals surface area contributed by atoms with Gasteiger partial charge < -0.3 is 4.42 Å². The largest absolute Gasteiger partial charge is 0.457 e. The Labute approximate surface area is 170 Å². The van der Waals surface area contributed by atoms with E-state index in [4.69, 9.17) is 4.42 Å². The first-order valence-electron chi connectivity index (χ1n) is 8.62. The van der Waals surface area contributed by atoms with Gasteiger partial charge in [-0.25, -0.2) is 4.98 Å². The van der Waals surface area contributed by atoms with Crippen LogP contribution < -0.4 is 0 Å². The Balaban J connectivity index is 1.59. The van der Waals surface area contributed by atoms with Crippen molar-refractivity contribution in [2.75, 3.05) is 0 Å². The van der Waals surface area contributed by atoms with Gasteiger partial charge in [-0.3, -0.25) is 10.1 Å². The zero-order chi connectivity index (χ0) is 20.2. The number of hydrogen-bond donors (Lipinski definition) is 0. The van der Waals surface area contributed by atoms with Gasteiger partial charge in [-0.1, -0.05) is 30.3 Å². The van der Waals surface area contributed by atoms with Gasteiger partial charge in [0.2, 0.25) is 0 Å². The molecular weight excluding hydrogens is 386 g/mol. The second-order valence-corrected chi connectivity index (χ2v) is 6.94. The number of nitrogens with zero attached hydrogens (tertiary/aromatic N) is 3. The number of rotatable bonds is 5. The van der Waals surface area contributed by atoms with Gasteiger partial charge in [-0.05, 0) is 24.3 Å². The lowest BCUT2D eigenvalue weighted by atomic mass is 10.1. The summed E-state index contributed by atoms with van der Waals surface area (Å²) in [6.07, 6.45) is 1.64. The van der Waals surface area contributed by atoms with Crippen molar-refractivity contribution in [3.05, 3.63) is 93.0 Å². The zero-order valence-corrected chi connectivity index (χ0v) is 15.8. The number of nitro benzene ring substituents is 1. The highest BCUT2D eigenvalue weighted by molar-refractivity contribution is 7.11. The molecule has 140 valence electrons. The maximum atomic E-state index is 10.8. The number of hydrogen-bond acceptors (Lipinski definition) is 6. The molecule has 0 saturated carbocycles. The standard InChI is InChI=1S/C22H13N3O3S/c23-13-17(22-24-20(14-29-22)15-4-2-1-3-5-15)12-19-10-11-21(28-19)16-6-8-18(9-7-16)25(26)27/h1-12,14H. The van der Waals surface area contributed by atoms with Crippen molar-refractivity contribution in [1.29, 1.82) is 5.26 Å². The molecular formula is C22H13N3O3S. The van der Waals surface area contributed by atoms with Crippen LogP contribution in [0.5, 0.6) is 0 Å². The number of benzene rings is 2. The van der Waals surface area contributed by atoms with E-state index in [0.29, 0.717) is 22.1 Å². The van der Waals surface area contributed by atoms with E-state index in [2.05, 4.69) is 11.1 Å². The summed E-state index contributed by atoms with van der Waals surface area (Å²) < 4.78 is 5.79. The molecule has 7 heteroatoms. The zero-order valence-electron chi connectivity index (χ0n) is 15.0. The SMILES string of the molecule is N#CC(=Cc1ccc(-c2ccc([N+](=O)[O-])cc2)o1)c1nc(-c2ccccc2)cs1. The minimum Gasteiger partial charge on any atom is -0.457 e. The summed E-state index contributed by atoms with van der Waals surface area (Å²) in [5.41, 5.74) is 2.95. The van der Waals surface area contributed by atoms with Crippen LogP contribution in [-0.2, 0) is 0 Å². The minimum absolute atomic E-state index is 0.0187. The maximum Gasteiger partial charge on any atom is 0.269 e. The van der Waals surface area contributed by atoms with Gasteiger partial charge in [-0.15, -0.1) is 11.3 Å². The molecule has 0 radical (unpaired) electrons. The number of thiazole rings is 1. The van der Waals surface area contributed by atoms with Gasteiger partial charge in [0.1, 0.15) is 22.6 Å². The fourth-order valence-corrected chi connectivity index (χ4v) is 3.55. The third kappa shape index (κ3) is 3.98. The van der Waals surface area contributed by atoms with Gasteiger partial charge in [0, 0.05) is 34.7 Å². The smallest absolute Gasteiger partial charge is 0.269 e. The van der Waals surface area contributed by atoms with Crippen molar-refractivity contribution < 1.29 is 9.34 Å². The molecule has 0 aliphatic heterocycles. The third-order valence-electron chi connectivity index (χ3n) is 4.20. The van der Waals surface area contributed by atoms with Crippen LogP contribution in [0.15, 0.2) is 76.5 Å². The van der Waals surface area contributed by atoms with Crippen LogP contribution in [0, 0.1) is 21.4 Å². The molecule has 4 rings (SSSR count). The molecule has 0 N–H and O–H groups in total. The van der Waals surface area contributed by atoms with Crippen molar-refractivity contribution in [1.82, 2.24) is 4.98 Å². The van der Waals surface area contributed by atoms with E-state index in [1.807, 2.05) is 35.7 Å². The number of non-ortho nitro benzene ring substituents is 1. The number of nitro groups is 1. The lowest BCUT2D eigenvalue weighted by Gasteiger charge is -1.97. The first-order chi connectivity index (χ1) is 14.1. The molecule has 0 aliphatic carbocycles.